The van der Waals surface area contributed by atoms with Crippen molar-refractivity contribution >= 4 is 33.2 Å². The maximum absolute atomic E-state index is 13.0. The van der Waals surface area contributed by atoms with Crippen molar-refractivity contribution in [3.8, 4) is 11.5 Å². The average molecular weight is 525 g/mol. The summed E-state index contributed by atoms with van der Waals surface area (Å²) in [6.07, 6.45) is 0.310. The van der Waals surface area contributed by atoms with Crippen LogP contribution in [-0.2, 0) is 10.9 Å². The van der Waals surface area contributed by atoms with E-state index in [1.54, 1.807) is 6.07 Å². The standard InChI is InChI=1S/C23H27F3N6O3S/c1-32-6-2-14(3-7-32)12-34-16-10-17-19(18(11-16)35-15-4-8-33-9-5-15)20(28-13-27-17)29-22-31-30-21(36-22)23(24,25)26/h10-11,13-15H,2-9,12H2,1H3,(H,27,28,29,31). The highest BCUT2D eigenvalue weighted by Crippen LogP contribution is 2.39. The van der Waals surface area contributed by atoms with Crippen LogP contribution in [0.5, 0.6) is 11.5 Å². The van der Waals surface area contributed by atoms with Crippen LogP contribution in [0.4, 0.5) is 24.1 Å². The Morgan fingerprint density at radius 2 is 1.89 bits per heavy atom. The van der Waals surface area contributed by atoms with Crippen LogP contribution in [0, 0.1) is 5.92 Å². The Balaban J connectivity index is 1.43. The zero-order chi connectivity index (χ0) is 25.1. The number of rotatable bonds is 7. The Hall–Kier alpha value is -2.77. The summed E-state index contributed by atoms with van der Waals surface area (Å²) in [4.78, 5) is 11.0. The second-order valence-electron chi connectivity index (χ2n) is 9.06. The summed E-state index contributed by atoms with van der Waals surface area (Å²) in [6.45, 7) is 3.89. The van der Waals surface area contributed by atoms with Crippen LogP contribution in [0.25, 0.3) is 10.9 Å². The van der Waals surface area contributed by atoms with E-state index in [4.69, 9.17) is 14.2 Å². The fraction of sp³-hybridized carbons (Fsp3) is 0.565. The molecule has 1 N–H and O–H groups in total. The first-order valence-corrected chi connectivity index (χ1v) is 12.7. The molecule has 0 bridgehead atoms. The summed E-state index contributed by atoms with van der Waals surface area (Å²) >= 11 is 0.408. The molecule has 0 atom stereocenters. The predicted octanol–water partition coefficient (Wildman–Crippen LogP) is 4.52. The molecule has 0 unspecified atom stereocenters. The molecule has 13 heteroatoms. The van der Waals surface area contributed by atoms with Crippen molar-refractivity contribution < 1.29 is 27.4 Å². The van der Waals surface area contributed by atoms with Crippen molar-refractivity contribution in [2.75, 3.05) is 45.3 Å². The molecular weight excluding hydrogens is 497 g/mol. The van der Waals surface area contributed by atoms with Gasteiger partial charge in [-0.2, -0.15) is 13.2 Å². The van der Waals surface area contributed by atoms with Crippen molar-refractivity contribution in [1.82, 2.24) is 25.1 Å². The van der Waals surface area contributed by atoms with Gasteiger partial charge in [0.1, 0.15) is 29.7 Å². The normalized spacial score (nSPS) is 18.4. The van der Waals surface area contributed by atoms with E-state index < -0.39 is 11.2 Å². The molecule has 0 spiro atoms. The van der Waals surface area contributed by atoms with E-state index in [0.29, 0.717) is 59.5 Å². The van der Waals surface area contributed by atoms with Crippen molar-refractivity contribution in [2.24, 2.45) is 5.92 Å². The van der Waals surface area contributed by atoms with Crippen LogP contribution in [-0.4, -0.2) is 71.1 Å². The number of piperidine rings is 1. The van der Waals surface area contributed by atoms with E-state index in [0.717, 1.165) is 38.8 Å². The second-order valence-corrected chi connectivity index (χ2v) is 10.0. The van der Waals surface area contributed by atoms with E-state index >= 15 is 0 Å². The molecule has 2 aliphatic rings. The van der Waals surface area contributed by atoms with Crippen LogP contribution in [0.15, 0.2) is 18.5 Å². The number of halogens is 3. The molecule has 2 aromatic heterocycles. The van der Waals surface area contributed by atoms with Crippen LogP contribution >= 0.6 is 11.3 Å². The third-order valence-electron chi connectivity index (χ3n) is 6.35. The number of anilines is 2. The summed E-state index contributed by atoms with van der Waals surface area (Å²) in [7, 11) is 2.12. The fourth-order valence-electron chi connectivity index (χ4n) is 4.31. The molecule has 0 amide bonds. The van der Waals surface area contributed by atoms with Crippen LogP contribution in [0.2, 0.25) is 0 Å². The number of ether oxygens (including phenoxy) is 3. The molecule has 2 fully saturated rings. The zero-order valence-corrected chi connectivity index (χ0v) is 20.6. The van der Waals surface area contributed by atoms with E-state index in [1.165, 1.54) is 6.33 Å². The maximum atomic E-state index is 13.0. The molecule has 4 heterocycles. The highest BCUT2D eigenvalue weighted by atomic mass is 32.1. The summed E-state index contributed by atoms with van der Waals surface area (Å²) < 4.78 is 57.0. The smallest absolute Gasteiger partial charge is 0.445 e. The lowest BCUT2D eigenvalue weighted by atomic mass is 9.98. The van der Waals surface area contributed by atoms with Crippen molar-refractivity contribution in [2.45, 2.75) is 38.0 Å². The molecule has 9 nitrogen and oxygen atoms in total. The number of hydrogen-bond donors (Lipinski definition) is 1. The summed E-state index contributed by atoms with van der Waals surface area (Å²) in [5, 5.41) is 9.21. The van der Waals surface area contributed by atoms with E-state index in [2.05, 4.69) is 37.4 Å². The van der Waals surface area contributed by atoms with Crippen molar-refractivity contribution in [3.63, 3.8) is 0 Å². The molecule has 2 aliphatic heterocycles. The van der Waals surface area contributed by atoms with Gasteiger partial charge in [-0.25, -0.2) is 9.97 Å². The predicted molar refractivity (Wildman–Crippen MR) is 128 cm³/mol. The number of hydrogen-bond acceptors (Lipinski definition) is 10. The Bertz CT molecular complexity index is 1180. The Morgan fingerprint density at radius 1 is 1.11 bits per heavy atom. The molecule has 1 aromatic carbocycles. The first-order chi connectivity index (χ1) is 17.3. The van der Waals surface area contributed by atoms with Gasteiger partial charge in [-0.15, -0.1) is 10.2 Å². The van der Waals surface area contributed by atoms with Gasteiger partial charge < -0.3 is 24.4 Å². The summed E-state index contributed by atoms with van der Waals surface area (Å²) in [5.74, 6) is 1.89. The van der Waals surface area contributed by atoms with Gasteiger partial charge in [-0.3, -0.25) is 0 Å². The largest absolute Gasteiger partial charge is 0.493 e. The number of likely N-dealkylation sites (tertiary alicyclic amines) is 1. The second kappa shape index (κ2) is 10.7. The van der Waals surface area contributed by atoms with Crippen molar-refractivity contribution in [3.05, 3.63) is 23.5 Å². The number of aromatic nitrogens is 4. The number of nitrogens with zero attached hydrogens (tertiary/aromatic N) is 5. The highest BCUT2D eigenvalue weighted by molar-refractivity contribution is 7.15. The molecule has 0 aliphatic carbocycles. The zero-order valence-electron chi connectivity index (χ0n) is 19.8. The lowest BCUT2D eigenvalue weighted by Crippen LogP contribution is -2.32. The van der Waals surface area contributed by atoms with Gasteiger partial charge in [0.25, 0.3) is 0 Å². The molecule has 0 saturated carbocycles. The molecule has 3 aromatic rings. The van der Waals surface area contributed by atoms with Gasteiger partial charge in [-0.05, 0) is 38.9 Å². The minimum atomic E-state index is -4.57. The minimum Gasteiger partial charge on any atom is -0.493 e. The number of alkyl halides is 3. The Labute approximate surface area is 210 Å². The van der Waals surface area contributed by atoms with Gasteiger partial charge in [-0.1, -0.05) is 11.3 Å². The topological polar surface area (TPSA) is 94.5 Å². The lowest BCUT2D eigenvalue weighted by molar-refractivity contribution is -0.138. The summed E-state index contributed by atoms with van der Waals surface area (Å²) in [6, 6.07) is 3.61. The third-order valence-corrected chi connectivity index (χ3v) is 7.24. The van der Waals surface area contributed by atoms with Crippen molar-refractivity contribution in [1.29, 1.82) is 0 Å². The lowest BCUT2D eigenvalue weighted by Gasteiger charge is -2.29. The molecular formula is C23H27F3N6O3S. The molecule has 2 saturated heterocycles. The van der Waals surface area contributed by atoms with Gasteiger partial charge in [0.05, 0.1) is 30.7 Å². The van der Waals surface area contributed by atoms with Gasteiger partial charge in [0, 0.05) is 25.0 Å². The molecule has 36 heavy (non-hydrogen) atoms. The average Bonchev–Trinajstić information content (AvgIpc) is 3.34. The quantitative estimate of drug-likeness (QED) is 0.479. The van der Waals surface area contributed by atoms with Crippen LogP contribution in [0.3, 0.4) is 0 Å². The molecule has 5 rings (SSSR count). The third kappa shape index (κ3) is 5.95. The first-order valence-electron chi connectivity index (χ1n) is 11.9. The first kappa shape index (κ1) is 24.9. The van der Waals surface area contributed by atoms with E-state index in [1.807, 2.05) is 6.07 Å². The Morgan fingerprint density at radius 3 is 2.61 bits per heavy atom. The summed E-state index contributed by atoms with van der Waals surface area (Å²) in [5.41, 5.74) is 0.552. The SMILES string of the molecule is CN1CCC(COc2cc(OC3CCOCC3)c3c(Nc4nnc(C(F)(F)F)s4)ncnc3c2)CC1. The van der Waals surface area contributed by atoms with Gasteiger partial charge >= 0.3 is 6.18 Å². The van der Waals surface area contributed by atoms with E-state index in [9.17, 15) is 13.2 Å². The molecule has 0 radical (unpaired) electrons. The van der Waals surface area contributed by atoms with Crippen LogP contribution in [0.1, 0.15) is 30.7 Å². The van der Waals surface area contributed by atoms with E-state index in [-0.39, 0.29) is 17.1 Å². The number of nitrogens with one attached hydrogen (secondary N) is 1. The fourth-order valence-corrected chi connectivity index (χ4v) is 4.92. The molecule has 194 valence electrons. The van der Waals surface area contributed by atoms with Gasteiger partial charge in [0.2, 0.25) is 10.1 Å². The minimum absolute atomic E-state index is 0.0260. The number of fused-ring (bicyclic) bond motifs is 1. The highest BCUT2D eigenvalue weighted by Gasteiger charge is 2.35. The monoisotopic (exact) mass is 524 g/mol. The van der Waals surface area contributed by atoms with Crippen LogP contribution < -0.4 is 14.8 Å². The number of benzene rings is 1. The van der Waals surface area contributed by atoms with Gasteiger partial charge in [0.15, 0.2) is 0 Å². The Kier molecular flexibility index (Phi) is 7.39. The maximum Gasteiger partial charge on any atom is 0.445 e.